The molecule has 1 fully saturated rings. The van der Waals surface area contributed by atoms with Crippen LogP contribution < -0.4 is 15.4 Å². The Bertz CT molecular complexity index is 479. The summed E-state index contributed by atoms with van der Waals surface area (Å²) in [6.45, 7) is 1.33. The van der Waals surface area contributed by atoms with Crippen LogP contribution >= 0.6 is 0 Å². The van der Waals surface area contributed by atoms with Gasteiger partial charge in [0.25, 0.3) is 0 Å². The zero-order valence-electron chi connectivity index (χ0n) is 10.4. The molecule has 0 radical (unpaired) electrons. The minimum absolute atomic E-state index is 0.0311. The summed E-state index contributed by atoms with van der Waals surface area (Å²) in [7, 11) is 3.21. The Morgan fingerprint density at radius 2 is 2.11 bits per heavy atom. The van der Waals surface area contributed by atoms with Gasteiger partial charge in [0.1, 0.15) is 11.6 Å². The van der Waals surface area contributed by atoms with Crippen LogP contribution in [0.15, 0.2) is 12.1 Å². The first kappa shape index (κ1) is 12.5. The topological polar surface area (TPSA) is 58.8 Å². The number of carbonyl (C=O) groups excluding carboxylic acids is 1. The highest BCUT2D eigenvalue weighted by molar-refractivity contribution is 5.83. The Hall–Kier alpha value is -1.98. The molecule has 18 heavy (non-hydrogen) atoms. The average molecular weight is 253 g/mol. The molecule has 0 aliphatic carbocycles. The molecule has 0 atom stereocenters. The molecule has 0 aromatic heterocycles. The molecule has 98 valence electrons. The van der Waals surface area contributed by atoms with Crippen molar-refractivity contribution in [3.63, 3.8) is 0 Å². The van der Waals surface area contributed by atoms with E-state index in [0.29, 0.717) is 24.5 Å². The predicted molar refractivity (Wildman–Crippen MR) is 67.2 cm³/mol. The highest BCUT2D eigenvalue weighted by Gasteiger charge is 2.24. The van der Waals surface area contributed by atoms with Gasteiger partial charge in [-0.2, -0.15) is 0 Å². The first-order chi connectivity index (χ1) is 8.52. The van der Waals surface area contributed by atoms with Crippen molar-refractivity contribution in [2.45, 2.75) is 0 Å². The summed E-state index contributed by atoms with van der Waals surface area (Å²) in [4.78, 5) is 14.9. The number of carbonyl (C=O) groups is 1. The largest absolute Gasteiger partial charge is 0.495 e. The third-order valence-corrected chi connectivity index (χ3v) is 3.10. The predicted octanol–water partition coefficient (Wildman–Crippen LogP) is 0.695. The number of anilines is 2. The van der Waals surface area contributed by atoms with Gasteiger partial charge in [0.2, 0.25) is 5.91 Å². The van der Waals surface area contributed by atoms with Crippen molar-refractivity contribution in [1.82, 2.24) is 4.90 Å². The minimum Gasteiger partial charge on any atom is -0.495 e. The van der Waals surface area contributed by atoms with Gasteiger partial charge in [-0.1, -0.05) is 0 Å². The number of methoxy groups -OCH3 is 1. The normalized spacial score (nSPS) is 16.1. The van der Waals surface area contributed by atoms with E-state index in [1.54, 1.807) is 16.8 Å². The van der Waals surface area contributed by atoms with E-state index in [4.69, 9.17) is 10.5 Å². The molecule has 1 heterocycles. The number of nitrogens with two attached hydrogens (primary N) is 1. The number of amides is 1. The maximum absolute atomic E-state index is 13.9. The summed E-state index contributed by atoms with van der Waals surface area (Å²) in [6, 6.07) is 2.75. The zero-order chi connectivity index (χ0) is 13.3. The molecule has 0 spiro atoms. The standard InChI is InChI=1S/C12H16FN3O2/c1-15-3-4-16(7-12(15)17)10-6-11(18-2)9(14)5-8(10)13/h5-6H,3-4,7,14H2,1-2H3. The number of hydrogen-bond donors (Lipinski definition) is 1. The summed E-state index contributed by atoms with van der Waals surface area (Å²) >= 11 is 0. The summed E-state index contributed by atoms with van der Waals surface area (Å²) in [5, 5.41) is 0. The second-order valence-corrected chi connectivity index (χ2v) is 4.28. The van der Waals surface area contributed by atoms with E-state index in [0.717, 1.165) is 0 Å². The Morgan fingerprint density at radius 3 is 2.72 bits per heavy atom. The fourth-order valence-corrected chi connectivity index (χ4v) is 1.94. The molecule has 6 heteroatoms. The van der Waals surface area contributed by atoms with Crippen LogP contribution in [-0.2, 0) is 4.79 Å². The number of halogens is 1. The van der Waals surface area contributed by atoms with E-state index in [2.05, 4.69) is 0 Å². The van der Waals surface area contributed by atoms with E-state index in [-0.39, 0.29) is 18.1 Å². The molecule has 0 bridgehead atoms. The van der Waals surface area contributed by atoms with Gasteiger partial charge in [0, 0.05) is 32.3 Å². The van der Waals surface area contributed by atoms with Crippen molar-refractivity contribution in [2.75, 3.05) is 44.4 Å². The van der Waals surface area contributed by atoms with Crippen LogP contribution in [0.3, 0.4) is 0 Å². The number of ether oxygens (including phenoxy) is 1. The van der Waals surface area contributed by atoms with Gasteiger partial charge in [-0.3, -0.25) is 4.79 Å². The number of likely N-dealkylation sites (N-methyl/N-ethyl adjacent to an activating group) is 1. The lowest BCUT2D eigenvalue weighted by molar-refractivity contribution is -0.129. The molecule has 2 rings (SSSR count). The van der Waals surface area contributed by atoms with E-state index < -0.39 is 5.82 Å². The molecular formula is C12H16FN3O2. The summed E-state index contributed by atoms with van der Waals surface area (Å²) in [5.74, 6) is -0.0557. The van der Waals surface area contributed by atoms with Crippen molar-refractivity contribution >= 4 is 17.3 Å². The summed E-state index contributed by atoms with van der Waals surface area (Å²) in [5.41, 5.74) is 6.22. The number of benzene rings is 1. The van der Waals surface area contributed by atoms with Crippen molar-refractivity contribution in [1.29, 1.82) is 0 Å². The van der Waals surface area contributed by atoms with Crippen molar-refractivity contribution in [3.05, 3.63) is 17.9 Å². The molecule has 2 N–H and O–H groups in total. The smallest absolute Gasteiger partial charge is 0.241 e. The molecule has 1 saturated heterocycles. The van der Waals surface area contributed by atoms with E-state index >= 15 is 0 Å². The van der Waals surface area contributed by atoms with Gasteiger partial charge in [-0.05, 0) is 0 Å². The van der Waals surface area contributed by atoms with Crippen LogP contribution in [-0.4, -0.2) is 44.6 Å². The molecule has 0 unspecified atom stereocenters. The van der Waals surface area contributed by atoms with E-state index in [9.17, 15) is 9.18 Å². The van der Waals surface area contributed by atoms with Gasteiger partial charge < -0.3 is 20.3 Å². The lowest BCUT2D eigenvalue weighted by atomic mass is 10.2. The fourth-order valence-electron chi connectivity index (χ4n) is 1.94. The number of nitrogen functional groups attached to an aromatic ring is 1. The van der Waals surface area contributed by atoms with E-state index in [1.165, 1.54) is 19.2 Å². The van der Waals surface area contributed by atoms with E-state index in [1.807, 2.05) is 0 Å². The van der Waals surface area contributed by atoms with Gasteiger partial charge in [0.05, 0.1) is 25.0 Å². The van der Waals surface area contributed by atoms with Crippen LogP contribution in [0.25, 0.3) is 0 Å². The van der Waals surface area contributed by atoms with Crippen molar-refractivity contribution in [2.24, 2.45) is 0 Å². The number of piperazine rings is 1. The molecule has 1 aliphatic rings. The van der Waals surface area contributed by atoms with Crippen LogP contribution in [0.2, 0.25) is 0 Å². The monoisotopic (exact) mass is 253 g/mol. The maximum Gasteiger partial charge on any atom is 0.241 e. The number of hydrogen-bond acceptors (Lipinski definition) is 4. The van der Waals surface area contributed by atoms with Gasteiger partial charge in [0.15, 0.2) is 0 Å². The third-order valence-electron chi connectivity index (χ3n) is 3.10. The SMILES string of the molecule is COc1cc(N2CCN(C)C(=O)C2)c(F)cc1N. The molecule has 1 aromatic rings. The van der Waals surface area contributed by atoms with Crippen LogP contribution in [0.4, 0.5) is 15.8 Å². The average Bonchev–Trinajstić information content (AvgIpc) is 2.33. The molecule has 1 aromatic carbocycles. The molecule has 0 saturated carbocycles. The van der Waals surface area contributed by atoms with Gasteiger partial charge in [-0.25, -0.2) is 4.39 Å². The first-order valence-corrected chi connectivity index (χ1v) is 5.65. The van der Waals surface area contributed by atoms with Crippen LogP contribution in [0, 0.1) is 5.82 Å². The highest BCUT2D eigenvalue weighted by Crippen LogP contribution is 2.31. The Kier molecular flexibility index (Phi) is 3.27. The summed E-state index contributed by atoms with van der Waals surface area (Å²) < 4.78 is 18.9. The second-order valence-electron chi connectivity index (χ2n) is 4.28. The highest BCUT2D eigenvalue weighted by atomic mass is 19.1. The fraction of sp³-hybridized carbons (Fsp3) is 0.417. The molecule has 1 amide bonds. The Labute approximate surface area is 105 Å². The molecule has 5 nitrogen and oxygen atoms in total. The Morgan fingerprint density at radius 1 is 1.39 bits per heavy atom. The van der Waals surface area contributed by atoms with Crippen LogP contribution in [0.1, 0.15) is 0 Å². The van der Waals surface area contributed by atoms with Crippen LogP contribution in [0.5, 0.6) is 5.75 Å². The van der Waals surface area contributed by atoms with Crippen molar-refractivity contribution in [3.8, 4) is 5.75 Å². The lowest BCUT2D eigenvalue weighted by Gasteiger charge is -2.33. The lowest BCUT2D eigenvalue weighted by Crippen LogP contribution is -2.48. The first-order valence-electron chi connectivity index (χ1n) is 5.65. The molecule has 1 aliphatic heterocycles. The summed E-state index contributed by atoms with van der Waals surface area (Å²) in [6.07, 6.45) is 0. The number of nitrogens with zero attached hydrogens (tertiary/aromatic N) is 2. The molecular weight excluding hydrogens is 237 g/mol. The quantitative estimate of drug-likeness (QED) is 0.788. The van der Waals surface area contributed by atoms with Gasteiger partial charge in [-0.15, -0.1) is 0 Å². The zero-order valence-corrected chi connectivity index (χ0v) is 10.4. The minimum atomic E-state index is -0.439. The number of rotatable bonds is 2. The Balaban J connectivity index is 2.30. The van der Waals surface area contributed by atoms with Crippen molar-refractivity contribution < 1.29 is 13.9 Å². The van der Waals surface area contributed by atoms with Gasteiger partial charge >= 0.3 is 0 Å². The second kappa shape index (κ2) is 4.72. The maximum atomic E-state index is 13.9. The third kappa shape index (κ3) is 2.18.